The van der Waals surface area contributed by atoms with Crippen LogP contribution in [0.1, 0.15) is 4.88 Å². The van der Waals surface area contributed by atoms with E-state index in [9.17, 15) is 0 Å². The number of hydrogen-bond acceptors (Lipinski definition) is 5. The highest BCUT2D eigenvalue weighted by atomic mass is 32.1. The van der Waals surface area contributed by atoms with Gasteiger partial charge in [0, 0.05) is 45.4 Å². The van der Waals surface area contributed by atoms with Crippen LogP contribution in [0, 0.1) is 0 Å². The fraction of sp³-hybridized carbons (Fsp3) is 0.667. The minimum atomic E-state index is 0.749. The van der Waals surface area contributed by atoms with Crippen molar-refractivity contribution in [3.63, 3.8) is 0 Å². The van der Waals surface area contributed by atoms with Crippen molar-refractivity contribution in [1.29, 1.82) is 0 Å². The first-order valence-electron chi connectivity index (χ1n) is 4.55. The molecule has 1 heterocycles. The average molecular weight is 215 g/mol. The molecule has 0 aliphatic heterocycles. The van der Waals surface area contributed by atoms with Gasteiger partial charge < -0.3 is 15.0 Å². The van der Waals surface area contributed by atoms with Gasteiger partial charge in [0.2, 0.25) is 0 Å². The quantitative estimate of drug-likeness (QED) is 0.717. The van der Waals surface area contributed by atoms with Crippen LogP contribution < -0.4 is 10.2 Å². The predicted molar refractivity (Wildman–Crippen MR) is 60.0 cm³/mol. The summed E-state index contributed by atoms with van der Waals surface area (Å²) in [7, 11) is 5.71. The maximum absolute atomic E-state index is 4.94. The summed E-state index contributed by atoms with van der Waals surface area (Å²) in [4.78, 5) is 7.56. The topological polar surface area (TPSA) is 37.4 Å². The molecule has 1 aromatic rings. The van der Waals surface area contributed by atoms with Gasteiger partial charge in [-0.2, -0.15) is 0 Å². The Kier molecular flexibility index (Phi) is 4.86. The lowest BCUT2D eigenvalue weighted by molar-refractivity contribution is 0.199. The molecule has 1 aromatic heterocycles. The highest BCUT2D eigenvalue weighted by Crippen LogP contribution is 2.19. The van der Waals surface area contributed by atoms with E-state index in [0.29, 0.717) is 0 Å². The van der Waals surface area contributed by atoms with Gasteiger partial charge in [-0.3, -0.25) is 0 Å². The average Bonchev–Trinajstić information content (AvgIpc) is 2.61. The van der Waals surface area contributed by atoms with Gasteiger partial charge in [-0.1, -0.05) is 0 Å². The smallest absolute Gasteiger partial charge is 0.185 e. The maximum Gasteiger partial charge on any atom is 0.185 e. The van der Waals surface area contributed by atoms with Crippen LogP contribution in [0.5, 0.6) is 0 Å². The van der Waals surface area contributed by atoms with E-state index in [2.05, 4.69) is 10.3 Å². The molecule has 0 spiro atoms. The van der Waals surface area contributed by atoms with Crippen LogP contribution >= 0.6 is 11.3 Å². The van der Waals surface area contributed by atoms with Gasteiger partial charge in [0.05, 0.1) is 6.61 Å². The molecule has 0 atom stereocenters. The molecule has 0 aliphatic carbocycles. The van der Waals surface area contributed by atoms with E-state index in [1.165, 1.54) is 4.88 Å². The molecule has 5 heteroatoms. The van der Waals surface area contributed by atoms with E-state index >= 15 is 0 Å². The molecular weight excluding hydrogens is 198 g/mol. The Morgan fingerprint density at radius 3 is 2.93 bits per heavy atom. The molecule has 0 fully saturated rings. The second-order valence-electron chi connectivity index (χ2n) is 3.17. The number of anilines is 1. The molecule has 0 aromatic carbocycles. The van der Waals surface area contributed by atoms with Crippen molar-refractivity contribution in [1.82, 2.24) is 10.3 Å². The monoisotopic (exact) mass is 215 g/mol. The highest BCUT2D eigenvalue weighted by molar-refractivity contribution is 7.15. The normalized spacial score (nSPS) is 10.5. The number of methoxy groups -OCH3 is 1. The van der Waals surface area contributed by atoms with Crippen LogP contribution in [0.25, 0.3) is 0 Å². The van der Waals surface area contributed by atoms with Crippen LogP contribution in [-0.4, -0.2) is 39.3 Å². The van der Waals surface area contributed by atoms with Crippen LogP contribution in [0.2, 0.25) is 0 Å². The third-order valence-electron chi connectivity index (χ3n) is 1.71. The summed E-state index contributed by atoms with van der Waals surface area (Å²) in [5, 5.41) is 4.33. The van der Waals surface area contributed by atoms with Gasteiger partial charge in [-0.15, -0.1) is 11.3 Å². The van der Waals surface area contributed by atoms with E-state index < -0.39 is 0 Å². The van der Waals surface area contributed by atoms with Crippen molar-refractivity contribution in [3.8, 4) is 0 Å². The third-order valence-corrected chi connectivity index (χ3v) is 2.87. The van der Waals surface area contributed by atoms with E-state index in [-0.39, 0.29) is 0 Å². The summed E-state index contributed by atoms with van der Waals surface area (Å²) in [5.74, 6) is 0. The zero-order valence-electron chi connectivity index (χ0n) is 8.91. The van der Waals surface area contributed by atoms with Gasteiger partial charge in [0.25, 0.3) is 0 Å². The molecule has 0 saturated carbocycles. The van der Waals surface area contributed by atoms with Gasteiger partial charge >= 0.3 is 0 Å². The number of ether oxygens (including phenoxy) is 1. The highest BCUT2D eigenvalue weighted by Gasteiger charge is 2.02. The second kappa shape index (κ2) is 5.95. The lowest BCUT2D eigenvalue weighted by Crippen LogP contribution is -2.17. The lowest BCUT2D eigenvalue weighted by atomic mass is 10.5. The van der Waals surface area contributed by atoms with Crippen molar-refractivity contribution >= 4 is 16.5 Å². The Labute approximate surface area is 88.9 Å². The zero-order chi connectivity index (χ0) is 10.4. The second-order valence-corrected chi connectivity index (χ2v) is 4.27. The van der Waals surface area contributed by atoms with Crippen molar-refractivity contribution in [2.24, 2.45) is 0 Å². The van der Waals surface area contributed by atoms with E-state index in [1.54, 1.807) is 18.4 Å². The molecule has 1 N–H and O–H groups in total. The standard InChI is InChI=1S/C9H17N3OS/c1-12(2)9-11-7-8(14-9)6-10-4-5-13-3/h7,10H,4-6H2,1-3H3. The number of rotatable bonds is 6. The first kappa shape index (κ1) is 11.4. The van der Waals surface area contributed by atoms with Crippen molar-refractivity contribution in [2.75, 3.05) is 39.3 Å². The fourth-order valence-corrected chi connectivity index (χ4v) is 1.77. The Morgan fingerprint density at radius 2 is 2.36 bits per heavy atom. The van der Waals surface area contributed by atoms with E-state index in [1.807, 2.05) is 25.2 Å². The van der Waals surface area contributed by atoms with Crippen LogP contribution in [0.15, 0.2) is 6.20 Å². The maximum atomic E-state index is 4.94. The van der Waals surface area contributed by atoms with Crippen molar-refractivity contribution in [3.05, 3.63) is 11.1 Å². The first-order chi connectivity index (χ1) is 6.74. The first-order valence-corrected chi connectivity index (χ1v) is 5.37. The van der Waals surface area contributed by atoms with E-state index in [4.69, 9.17) is 4.74 Å². The molecule has 0 saturated heterocycles. The molecule has 0 radical (unpaired) electrons. The summed E-state index contributed by atoms with van der Waals surface area (Å²) >= 11 is 1.71. The van der Waals surface area contributed by atoms with Crippen molar-refractivity contribution in [2.45, 2.75) is 6.54 Å². The molecule has 80 valence electrons. The number of nitrogens with zero attached hydrogens (tertiary/aromatic N) is 2. The minimum Gasteiger partial charge on any atom is -0.383 e. The van der Waals surface area contributed by atoms with Crippen LogP contribution in [0.3, 0.4) is 0 Å². The summed E-state index contributed by atoms with van der Waals surface area (Å²) in [6, 6.07) is 0. The molecule has 0 aliphatic rings. The Hall–Kier alpha value is -0.650. The Bertz CT molecular complexity index is 262. The zero-order valence-corrected chi connectivity index (χ0v) is 9.73. The molecule has 14 heavy (non-hydrogen) atoms. The lowest BCUT2D eigenvalue weighted by Gasteiger charge is -2.05. The molecular formula is C9H17N3OS. The van der Waals surface area contributed by atoms with Gasteiger partial charge in [-0.05, 0) is 0 Å². The summed E-state index contributed by atoms with van der Waals surface area (Å²) in [6.45, 7) is 2.50. The van der Waals surface area contributed by atoms with E-state index in [0.717, 1.165) is 24.8 Å². The third kappa shape index (κ3) is 3.61. The Morgan fingerprint density at radius 1 is 1.57 bits per heavy atom. The summed E-state index contributed by atoms with van der Waals surface area (Å²) < 4.78 is 4.94. The summed E-state index contributed by atoms with van der Waals surface area (Å²) in [6.07, 6.45) is 1.92. The SMILES string of the molecule is COCCNCc1cnc(N(C)C)s1. The summed E-state index contributed by atoms with van der Waals surface area (Å²) in [5.41, 5.74) is 0. The molecule has 4 nitrogen and oxygen atoms in total. The number of thiazole rings is 1. The number of nitrogens with one attached hydrogen (secondary N) is 1. The van der Waals surface area contributed by atoms with Gasteiger partial charge in [-0.25, -0.2) is 4.98 Å². The Balaban J connectivity index is 2.29. The largest absolute Gasteiger partial charge is 0.383 e. The van der Waals surface area contributed by atoms with Crippen LogP contribution in [-0.2, 0) is 11.3 Å². The van der Waals surface area contributed by atoms with Crippen molar-refractivity contribution < 1.29 is 4.74 Å². The molecule has 1 rings (SSSR count). The molecule has 0 amide bonds. The molecule has 0 bridgehead atoms. The van der Waals surface area contributed by atoms with Crippen LogP contribution in [0.4, 0.5) is 5.13 Å². The fourth-order valence-electron chi connectivity index (χ4n) is 0.971. The number of aromatic nitrogens is 1. The van der Waals surface area contributed by atoms with Gasteiger partial charge in [0.15, 0.2) is 5.13 Å². The predicted octanol–water partition coefficient (Wildman–Crippen LogP) is 0.945. The minimum absolute atomic E-state index is 0.749. The van der Waals surface area contributed by atoms with Gasteiger partial charge in [0.1, 0.15) is 0 Å². The molecule has 0 unspecified atom stereocenters. The number of hydrogen-bond donors (Lipinski definition) is 1.